The van der Waals surface area contributed by atoms with E-state index in [0.717, 1.165) is 23.8 Å². The predicted octanol–water partition coefficient (Wildman–Crippen LogP) is 1.71. The predicted molar refractivity (Wildman–Crippen MR) is 115 cm³/mol. The molecule has 4 amide bonds. The molecule has 170 valence electrons. The maximum atomic E-state index is 13.6. The Morgan fingerprint density at radius 1 is 1.09 bits per heavy atom. The van der Waals surface area contributed by atoms with E-state index in [9.17, 15) is 23.2 Å². The first-order valence-corrected chi connectivity index (χ1v) is 10.2. The molecule has 8 nitrogen and oxygen atoms in total. The largest absolute Gasteiger partial charge is 0.353 e. The van der Waals surface area contributed by atoms with Crippen LogP contribution in [0.15, 0.2) is 42.5 Å². The van der Waals surface area contributed by atoms with Gasteiger partial charge < -0.3 is 26.2 Å². The fourth-order valence-electron chi connectivity index (χ4n) is 3.47. The number of amides is 4. The van der Waals surface area contributed by atoms with Crippen molar-refractivity contribution in [1.82, 2.24) is 15.1 Å². The van der Waals surface area contributed by atoms with Gasteiger partial charge in [-0.2, -0.15) is 0 Å². The van der Waals surface area contributed by atoms with E-state index in [1.165, 1.54) is 9.80 Å². The van der Waals surface area contributed by atoms with E-state index in [2.05, 4.69) is 10.6 Å². The second-order valence-electron chi connectivity index (χ2n) is 7.47. The van der Waals surface area contributed by atoms with Crippen molar-refractivity contribution in [2.75, 3.05) is 38.0 Å². The number of nitrogens with one attached hydrogen (secondary N) is 2. The Labute approximate surface area is 184 Å². The summed E-state index contributed by atoms with van der Waals surface area (Å²) in [6, 6.07) is 8.66. The molecule has 3 rings (SSSR count). The number of nitrogens with two attached hydrogens (primary N) is 1. The molecule has 1 aliphatic rings. The molecule has 10 heteroatoms. The van der Waals surface area contributed by atoms with Crippen LogP contribution >= 0.6 is 0 Å². The highest BCUT2D eigenvalue weighted by Crippen LogP contribution is 2.18. The van der Waals surface area contributed by atoms with E-state index >= 15 is 0 Å². The van der Waals surface area contributed by atoms with Crippen LogP contribution in [0.1, 0.15) is 15.9 Å². The summed E-state index contributed by atoms with van der Waals surface area (Å²) < 4.78 is 26.9. The molecule has 4 N–H and O–H groups in total. The summed E-state index contributed by atoms with van der Waals surface area (Å²) in [5.74, 6) is -3.34. The van der Waals surface area contributed by atoms with Crippen molar-refractivity contribution < 1.29 is 23.2 Å². The first-order valence-electron chi connectivity index (χ1n) is 10.2. The van der Waals surface area contributed by atoms with E-state index in [1.54, 1.807) is 6.07 Å². The zero-order valence-electron chi connectivity index (χ0n) is 17.6. The molecule has 0 saturated carbocycles. The third kappa shape index (κ3) is 5.38. The second kappa shape index (κ2) is 10.2. The van der Waals surface area contributed by atoms with Gasteiger partial charge in [-0.25, -0.2) is 13.6 Å². The van der Waals surface area contributed by atoms with Gasteiger partial charge in [-0.05, 0) is 42.8 Å². The monoisotopic (exact) mass is 445 g/mol. The van der Waals surface area contributed by atoms with Gasteiger partial charge in [0.2, 0.25) is 5.91 Å². The standard InChI is InChI=1S/C22H25F2N5O3/c1-14-3-2-4-16(11-14)27-22(32)28-9-10-29(19(13-28)20(30)26-8-7-25)21(31)15-5-6-17(23)18(24)12-15/h2-6,11-12,19H,7-10,13,25H2,1H3,(H,26,30)(H,27,32). The molecule has 0 radical (unpaired) electrons. The highest BCUT2D eigenvalue weighted by molar-refractivity contribution is 5.98. The van der Waals surface area contributed by atoms with Gasteiger partial charge in [0.1, 0.15) is 6.04 Å². The van der Waals surface area contributed by atoms with Crippen molar-refractivity contribution in [2.45, 2.75) is 13.0 Å². The van der Waals surface area contributed by atoms with E-state index in [4.69, 9.17) is 5.73 Å². The number of urea groups is 1. The van der Waals surface area contributed by atoms with Crippen LogP contribution in [0.4, 0.5) is 19.3 Å². The smallest absolute Gasteiger partial charge is 0.321 e. The van der Waals surface area contributed by atoms with Gasteiger partial charge in [-0.1, -0.05) is 12.1 Å². The van der Waals surface area contributed by atoms with Crippen LogP contribution in [-0.4, -0.2) is 66.4 Å². The minimum absolute atomic E-state index is 0.0414. The number of anilines is 1. The molecule has 1 atom stereocenters. The van der Waals surface area contributed by atoms with Crippen molar-refractivity contribution >= 4 is 23.5 Å². The number of hydrogen-bond acceptors (Lipinski definition) is 4. The first-order chi connectivity index (χ1) is 15.3. The zero-order chi connectivity index (χ0) is 23.3. The topological polar surface area (TPSA) is 108 Å². The Hall–Kier alpha value is -3.53. The van der Waals surface area contributed by atoms with Crippen molar-refractivity contribution in [1.29, 1.82) is 0 Å². The Kier molecular flexibility index (Phi) is 7.37. The number of carbonyl (C=O) groups excluding carboxylic acids is 3. The molecule has 0 spiro atoms. The lowest BCUT2D eigenvalue weighted by Crippen LogP contribution is -2.62. The van der Waals surface area contributed by atoms with Crippen molar-refractivity contribution in [3.05, 3.63) is 65.2 Å². The number of nitrogens with zero attached hydrogens (tertiary/aromatic N) is 2. The van der Waals surface area contributed by atoms with Crippen molar-refractivity contribution in [2.24, 2.45) is 5.73 Å². The van der Waals surface area contributed by atoms with Crippen LogP contribution in [0, 0.1) is 18.6 Å². The van der Waals surface area contributed by atoms with Crippen LogP contribution in [0.2, 0.25) is 0 Å². The van der Waals surface area contributed by atoms with Gasteiger partial charge in [0.05, 0.1) is 6.54 Å². The van der Waals surface area contributed by atoms with E-state index in [0.29, 0.717) is 5.69 Å². The Morgan fingerprint density at radius 2 is 1.88 bits per heavy atom. The number of piperazine rings is 1. The summed E-state index contributed by atoms with van der Waals surface area (Å²) in [5.41, 5.74) is 6.95. The lowest BCUT2D eigenvalue weighted by molar-refractivity contribution is -0.127. The minimum atomic E-state index is -1.16. The van der Waals surface area contributed by atoms with Crippen molar-refractivity contribution in [3.8, 4) is 0 Å². The van der Waals surface area contributed by atoms with Gasteiger partial charge >= 0.3 is 6.03 Å². The minimum Gasteiger partial charge on any atom is -0.353 e. The number of carbonyl (C=O) groups is 3. The molecule has 1 saturated heterocycles. The third-order valence-electron chi connectivity index (χ3n) is 5.11. The highest BCUT2D eigenvalue weighted by Gasteiger charge is 2.37. The van der Waals surface area contributed by atoms with Crippen LogP contribution in [-0.2, 0) is 4.79 Å². The summed E-state index contributed by atoms with van der Waals surface area (Å²) in [5, 5.41) is 5.41. The number of benzene rings is 2. The molecule has 0 aliphatic carbocycles. The maximum Gasteiger partial charge on any atom is 0.321 e. The van der Waals surface area contributed by atoms with Gasteiger partial charge in [-0.15, -0.1) is 0 Å². The summed E-state index contributed by atoms with van der Waals surface area (Å²) in [6.45, 7) is 2.43. The van der Waals surface area contributed by atoms with Crippen LogP contribution < -0.4 is 16.4 Å². The number of rotatable bonds is 5. The molecule has 2 aromatic carbocycles. The van der Waals surface area contributed by atoms with Gasteiger partial charge in [0, 0.05) is 37.4 Å². The van der Waals surface area contributed by atoms with Crippen LogP contribution in [0.3, 0.4) is 0 Å². The molecular weight excluding hydrogens is 420 g/mol. The Balaban J connectivity index is 1.78. The summed E-state index contributed by atoms with van der Waals surface area (Å²) >= 11 is 0. The van der Waals surface area contributed by atoms with Gasteiger partial charge in [0.25, 0.3) is 5.91 Å². The molecule has 2 aromatic rings. The second-order valence-corrected chi connectivity index (χ2v) is 7.47. The first kappa shape index (κ1) is 23.1. The number of halogens is 2. The Morgan fingerprint density at radius 3 is 2.56 bits per heavy atom. The fourth-order valence-corrected chi connectivity index (χ4v) is 3.47. The average Bonchev–Trinajstić information content (AvgIpc) is 2.78. The molecule has 32 heavy (non-hydrogen) atoms. The summed E-state index contributed by atoms with van der Waals surface area (Å²) in [6.07, 6.45) is 0. The number of hydrogen-bond donors (Lipinski definition) is 3. The zero-order valence-corrected chi connectivity index (χ0v) is 17.6. The highest BCUT2D eigenvalue weighted by atomic mass is 19.2. The molecule has 1 heterocycles. The third-order valence-corrected chi connectivity index (χ3v) is 5.11. The average molecular weight is 445 g/mol. The fraction of sp³-hybridized carbons (Fsp3) is 0.318. The summed E-state index contributed by atoms with van der Waals surface area (Å²) in [7, 11) is 0. The SMILES string of the molecule is Cc1cccc(NC(=O)N2CCN(C(=O)c3ccc(F)c(F)c3)C(C(=O)NCCN)C2)c1. The molecule has 1 fully saturated rings. The van der Waals surface area contributed by atoms with Gasteiger partial charge in [-0.3, -0.25) is 9.59 Å². The van der Waals surface area contributed by atoms with Crippen LogP contribution in [0.5, 0.6) is 0 Å². The number of aryl methyl sites for hydroxylation is 1. The molecule has 0 bridgehead atoms. The van der Waals surface area contributed by atoms with E-state index in [-0.39, 0.29) is 38.3 Å². The lowest BCUT2D eigenvalue weighted by atomic mass is 10.1. The molecule has 1 aliphatic heterocycles. The van der Waals surface area contributed by atoms with Crippen molar-refractivity contribution in [3.63, 3.8) is 0 Å². The lowest BCUT2D eigenvalue weighted by Gasteiger charge is -2.40. The molecular formula is C22H25F2N5O3. The molecule has 0 aromatic heterocycles. The Bertz CT molecular complexity index is 1020. The maximum absolute atomic E-state index is 13.6. The summed E-state index contributed by atoms with van der Waals surface area (Å²) in [4.78, 5) is 41.2. The van der Waals surface area contributed by atoms with E-state index in [1.807, 2.05) is 25.1 Å². The quantitative estimate of drug-likeness (QED) is 0.651. The molecule has 1 unspecified atom stereocenters. The van der Waals surface area contributed by atoms with Gasteiger partial charge in [0.15, 0.2) is 11.6 Å². The normalized spacial score (nSPS) is 15.9. The van der Waals surface area contributed by atoms with Crippen LogP contribution in [0.25, 0.3) is 0 Å². The van der Waals surface area contributed by atoms with E-state index < -0.39 is 35.5 Å².